The lowest BCUT2D eigenvalue weighted by Crippen LogP contribution is -2.19. The van der Waals surface area contributed by atoms with Gasteiger partial charge in [-0.2, -0.15) is 5.10 Å². The van der Waals surface area contributed by atoms with E-state index in [1.807, 2.05) is 31.2 Å². The number of hydrazone groups is 1. The van der Waals surface area contributed by atoms with Crippen LogP contribution in [0.15, 0.2) is 77.9 Å². The molecule has 0 spiro atoms. The smallest absolute Gasteiger partial charge is 0.244 e. The fraction of sp³-hybridized carbons (Fsp3) is 0.185. The minimum Gasteiger partial charge on any atom is -0.494 e. The summed E-state index contributed by atoms with van der Waals surface area (Å²) in [5.74, 6) is 0.643. The second-order valence-electron chi connectivity index (χ2n) is 7.71. The summed E-state index contributed by atoms with van der Waals surface area (Å²) < 4.78 is 7.66. The molecule has 0 aliphatic rings. The van der Waals surface area contributed by atoms with Crippen LogP contribution < -0.4 is 10.2 Å². The van der Waals surface area contributed by atoms with Crippen molar-refractivity contribution in [1.82, 2.24) is 9.99 Å². The highest BCUT2D eigenvalue weighted by Crippen LogP contribution is 2.26. The van der Waals surface area contributed by atoms with Gasteiger partial charge in [-0.25, -0.2) is 5.43 Å². The summed E-state index contributed by atoms with van der Waals surface area (Å²) in [6.07, 6.45) is 1.97. The van der Waals surface area contributed by atoms with Crippen LogP contribution in [0.2, 0.25) is 0 Å². The molecule has 0 saturated carbocycles. The number of rotatable bonds is 7. The molecule has 0 aliphatic heterocycles. The first-order chi connectivity index (χ1) is 15.6. The lowest BCUT2D eigenvalue weighted by atomic mass is 10.1. The Morgan fingerprint density at radius 3 is 2.56 bits per heavy atom. The Balaban J connectivity index is 1.47. The van der Waals surface area contributed by atoms with Crippen LogP contribution in [0.3, 0.4) is 0 Å². The van der Waals surface area contributed by atoms with Crippen LogP contribution >= 0.6 is 0 Å². The van der Waals surface area contributed by atoms with E-state index in [0.717, 1.165) is 34.0 Å². The van der Waals surface area contributed by atoms with Crippen molar-refractivity contribution in [1.29, 1.82) is 0 Å². The minimum absolute atomic E-state index is 0.159. The molecule has 5 heteroatoms. The van der Waals surface area contributed by atoms with Gasteiger partial charge in [-0.3, -0.25) is 4.79 Å². The summed E-state index contributed by atoms with van der Waals surface area (Å²) in [6, 6.07) is 24.3. The van der Waals surface area contributed by atoms with Gasteiger partial charge < -0.3 is 9.30 Å². The number of aromatic nitrogens is 1. The van der Waals surface area contributed by atoms with Gasteiger partial charge in [0.1, 0.15) is 5.75 Å². The summed E-state index contributed by atoms with van der Waals surface area (Å²) >= 11 is 0. The third-order valence-electron chi connectivity index (χ3n) is 5.47. The van der Waals surface area contributed by atoms with Crippen LogP contribution in [0.25, 0.3) is 16.5 Å². The van der Waals surface area contributed by atoms with Crippen LogP contribution in [-0.2, 0) is 11.2 Å². The largest absolute Gasteiger partial charge is 0.494 e. The molecular formula is C27H27N3O2. The number of ether oxygens (including phenoxy) is 1. The van der Waals surface area contributed by atoms with Crippen LogP contribution in [-0.4, -0.2) is 23.3 Å². The Morgan fingerprint density at radius 2 is 1.78 bits per heavy atom. The van der Waals surface area contributed by atoms with E-state index < -0.39 is 0 Å². The fourth-order valence-corrected chi connectivity index (χ4v) is 3.96. The number of hydrogen-bond donors (Lipinski definition) is 1. The third kappa shape index (κ3) is 4.57. The molecule has 0 aliphatic carbocycles. The average molecular weight is 426 g/mol. The monoisotopic (exact) mass is 425 g/mol. The first-order valence-electron chi connectivity index (χ1n) is 10.8. The van der Waals surface area contributed by atoms with E-state index in [4.69, 9.17) is 4.74 Å². The van der Waals surface area contributed by atoms with Gasteiger partial charge in [0.15, 0.2) is 0 Å². The van der Waals surface area contributed by atoms with Crippen molar-refractivity contribution >= 4 is 22.9 Å². The summed E-state index contributed by atoms with van der Waals surface area (Å²) in [4.78, 5) is 12.3. The van der Waals surface area contributed by atoms with Gasteiger partial charge in [0, 0.05) is 22.3 Å². The molecule has 0 saturated heterocycles. The van der Waals surface area contributed by atoms with Gasteiger partial charge in [-0.05, 0) is 56.0 Å². The molecule has 0 unspecified atom stereocenters. The molecular weight excluding hydrogens is 398 g/mol. The predicted octanol–water partition coefficient (Wildman–Crippen LogP) is 5.34. The van der Waals surface area contributed by atoms with Crippen LogP contribution in [0.1, 0.15) is 29.4 Å². The Hall–Kier alpha value is -3.86. The minimum atomic E-state index is -0.159. The number of carbonyl (C=O) groups excluding carboxylic acids is 1. The normalized spacial score (nSPS) is 11.2. The van der Waals surface area contributed by atoms with Crippen molar-refractivity contribution in [3.8, 4) is 11.4 Å². The number of fused-ring (bicyclic) bond motifs is 1. The summed E-state index contributed by atoms with van der Waals surface area (Å²) in [5, 5.41) is 6.59. The van der Waals surface area contributed by atoms with Gasteiger partial charge in [0.05, 0.1) is 24.9 Å². The molecule has 1 amide bonds. The maximum Gasteiger partial charge on any atom is 0.244 e. The number of nitrogens with one attached hydrogen (secondary N) is 1. The zero-order valence-corrected chi connectivity index (χ0v) is 18.6. The van der Waals surface area contributed by atoms with Crippen molar-refractivity contribution in [2.75, 3.05) is 6.61 Å². The van der Waals surface area contributed by atoms with Crippen LogP contribution in [0.5, 0.6) is 5.75 Å². The molecule has 4 rings (SSSR count). The van der Waals surface area contributed by atoms with E-state index in [0.29, 0.717) is 6.61 Å². The first kappa shape index (κ1) is 21.4. The zero-order chi connectivity index (χ0) is 22.5. The predicted molar refractivity (Wildman–Crippen MR) is 130 cm³/mol. The topological polar surface area (TPSA) is 55.6 Å². The van der Waals surface area contributed by atoms with Crippen molar-refractivity contribution in [3.63, 3.8) is 0 Å². The van der Waals surface area contributed by atoms with E-state index in [2.05, 4.69) is 77.5 Å². The fourth-order valence-electron chi connectivity index (χ4n) is 3.96. The third-order valence-corrected chi connectivity index (χ3v) is 5.47. The van der Waals surface area contributed by atoms with Crippen molar-refractivity contribution < 1.29 is 9.53 Å². The molecule has 32 heavy (non-hydrogen) atoms. The van der Waals surface area contributed by atoms with E-state index in [-0.39, 0.29) is 12.3 Å². The quantitative estimate of drug-likeness (QED) is 0.321. The summed E-state index contributed by atoms with van der Waals surface area (Å²) in [6.45, 7) is 6.71. The first-order valence-corrected chi connectivity index (χ1v) is 10.8. The Kier molecular flexibility index (Phi) is 6.36. The van der Waals surface area contributed by atoms with E-state index in [1.165, 1.54) is 10.8 Å². The SMILES string of the molecule is CCOc1ccc(CC(=O)N/N=C\c2cc(C)n(-c3cccc4ccccc34)c2C)cc1. The van der Waals surface area contributed by atoms with Gasteiger partial charge in [0.2, 0.25) is 5.91 Å². The number of amides is 1. The van der Waals surface area contributed by atoms with Gasteiger partial charge in [0.25, 0.3) is 0 Å². The molecule has 162 valence electrons. The molecule has 4 aromatic rings. The van der Waals surface area contributed by atoms with Crippen molar-refractivity contribution in [2.24, 2.45) is 5.10 Å². The lowest BCUT2D eigenvalue weighted by molar-refractivity contribution is -0.120. The highest BCUT2D eigenvalue weighted by atomic mass is 16.5. The van der Waals surface area contributed by atoms with E-state index >= 15 is 0 Å². The maximum atomic E-state index is 12.3. The van der Waals surface area contributed by atoms with Crippen molar-refractivity contribution in [3.05, 3.63) is 95.3 Å². The Morgan fingerprint density at radius 1 is 1.03 bits per heavy atom. The number of nitrogens with zero attached hydrogens (tertiary/aromatic N) is 2. The standard InChI is InChI=1S/C27H27N3O2/c1-4-32-24-14-12-21(13-15-24)17-27(31)29-28-18-23-16-19(2)30(20(23)3)26-11-7-9-22-8-5-6-10-25(22)26/h5-16,18H,4,17H2,1-3H3,(H,29,31)/b28-18-. The van der Waals surface area contributed by atoms with E-state index in [1.54, 1.807) is 6.21 Å². The summed E-state index contributed by atoms with van der Waals surface area (Å²) in [7, 11) is 0. The highest BCUT2D eigenvalue weighted by Gasteiger charge is 2.12. The number of aryl methyl sites for hydroxylation is 1. The maximum absolute atomic E-state index is 12.3. The molecule has 1 N–H and O–H groups in total. The van der Waals surface area contributed by atoms with Crippen LogP contribution in [0, 0.1) is 13.8 Å². The van der Waals surface area contributed by atoms with Gasteiger partial charge >= 0.3 is 0 Å². The average Bonchev–Trinajstić information content (AvgIpc) is 3.08. The summed E-state index contributed by atoms with van der Waals surface area (Å²) in [5.41, 5.74) is 7.84. The Labute approximate surface area is 188 Å². The second-order valence-corrected chi connectivity index (χ2v) is 7.71. The van der Waals surface area contributed by atoms with Gasteiger partial charge in [-0.15, -0.1) is 0 Å². The molecule has 1 aromatic heterocycles. The molecule has 0 atom stereocenters. The number of benzene rings is 3. The van der Waals surface area contributed by atoms with Crippen LogP contribution in [0.4, 0.5) is 0 Å². The molecule has 3 aromatic carbocycles. The zero-order valence-electron chi connectivity index (χ0n) is 18.6. The number of hydrogen-bond acceptors (Lipinski definition) is 3. The number of carbonyl (C=O) groups is 1. The van der Waals surface area contributed by atoms with E-state index in [9.17, 15) is 4.79 Å². The second kappa shape index (κ2) is 9.52. The lowest BCUT2D eigenvalue weighted by Gasteiger charge is -2.13. The molecule has 0 fully saturated rings. The molecule has 1 heterocycles. The molecule has 0 radical (unpaired) electrons. The van der Waals surface area contributed by atoms with Crippen molar-refractivity contribution in [2.45, 2.75) is 27.2 Å². The van der Waals surface area contributed by atoms with Gasteiger partial charge in [-0.1, -0.05) is 48.5 Å². The molecule has 5 nitrogen and oxygen atoms in total. The highest BCUT2D eigenvalue weighted by molar-refractivity contribution is 5.91. The Bertz CT molecular complexity index is 1260. The molecule has 0 bridgehead atoms.